The molecule has 1 N–H and O–H groups in total. The van der Waals surface area contributed by atoms with E-state index in [1.807, 2.05) is 6.07 Å². The van der Waals surface area contributed by atoms with Gasteiger partial charge in [-0.25, -0.2) is 9.97 Å². The van der Waals surface area contributed by atoms with Gasteiger partial charge in [-0.15, -0.1) is 22.7 Å². The van der Waals surface area contributed by atoms with E-state index in [9.17, 15) is 24.5 Å². The first kappa shape index (κ1) is 27.6. The average Bonchev–Trinajstić information content (AvgIpc) is 3.68. The second kappa shape index (κ2) is 10.6. The van der Waals surface area contributed by atoms with Gasteiger partial charge in [-0.1, -0.05) is 24.6 Å². The molecular weight excluding hydrogens is 619 g/mol. The molecule has 1 saturated carbocycles. The maximum Gasteiger partial charge on any atom is 0.284 e. The van der Waals surface area contributed by atoms with Crippen LogP contribution in [-0.4, -0.2) is 31.7 Å². The third-order valence-corrected chi connectivity index (χ3v) is 12.2. The van der Waals surface area contributed by atoms with Crippen molar-refractivity contribution in [3.8, 4) is 11.4 Å². The number of nitrogens with one attached hydrogen (secondary N) is 1. The van der Waals surface area contributed by atoms with Crippen LogP contribution in [0.25, 0.3) is 31.8 Å². The molecule has 2 aromatic carbocycles. The summed E-state index contributed by atoms with van der Waals surface area (Å²) in [6, 6.07) is 10.2. The predicted molar refractivity (Wildman–Crippen MR) is 171 cm³/mol. The number of H-pyrrole nitrogens is 1. The monoisotopic (exact) mass is 643 g/mol. The van der Waals surface area contributed by atoms with Gasteiger partial charge in [-0.2, -0.15) is 0 Å². The van der Waals surface area contributed by atoms with Crippen molar-refractivity contribution in [3.05, 3.63) is 67.3 Å². The van der Waals surface area contributed by atoms with Gasteiger partial charge in [0.1, 0.15) is 10.7 Å². The predicted octanol–water partition coefficient (Wildman–Crippen LogP) is 6.88. The highest BCUT2D eigenvalue weighted by atomic mass is 32.2. The summed E-state index contributed by atoms with van der Waals surface area (Å²) in [5.41, 5.74) is 2.45. The Hall–Kier alpha value is -3.94. The summed E-state index contributed by atoms with van der Waals surface area (Å²) >= 11 is 4.07. The number of benzene rings is 2. The maximum atomic E-state index is 13.1. The maximum absolute atomic E-state index is 13.1. The normalized spacial score (nSPS) is 20.0. The van der Waals surface area contributed by atoms with Gasteiger partial charge >= 0.3 is 0 Å². The number of fused-ring (bicyclic) bond motifs is 5. The van der Waals surface area contributed by atoms with Crippen LogP contribution in [0.15, 0.2) is 50.4 Å². The van der Waals surface area contributed by atoms with Crippen molar-refractivity contribution in [2.24, 2.45) is 11.8 Å². The largest absolute Gasteiger partial charge is 0.306 e. The molecule has 1 saturated heterocycles. The number of anilines is 1. The van der Waals surface area contributed by atoms with Crippen LogP contribution in [0.2, 0.25) is 0 Å². The number of nitrogens with zero attached hydrogens (tertiary/aromatic N) is 4. The van der Waals surface area contributed by atoms with Gasteiger partial charge in [-0.05, 0) is 74.4 Å². The first-order valence-corrected chi connectivity index (χ1v) is 17.1. The van der Waals surface area contributed by atoms with Crippen molar-refractivity contribution in [2.45, 2.75) is 60.6 Å². The number of aromatic nitrogens is 3. The smallest absolute Gasteiger partial charge is 0.284 e. The number of thiophene rings is 1. The van der Waals surface area contributed by atoms with Gasteiger partial charge in [0.05, 0.1) is 42.9 Å². The molecule has 44 heavy (non-hydrogen) atoms. The van der Waals surface area contributed by atoms with Gasteiger partial charge in [-0.3, -0.25) is 29.4 Å². The zero-order chi connectivity index (χ0) is 30.1. The molecule has 222 valence electrons. The van der Waals surface area contributed by atoms with Crippen molar-refractivity contribution < 1.29 is 14.5 Å². The molecule has 4 heterocycles. The number of aryl methyl sites for hydroxylation is 2. The Labute approximate surface area is 262 Å². The van der Waals surface area contributed by atoms with Crippen LogP contribution in [0.3, 0.4) is 0 Å². The highest BCUT2D eigenvalue weighted by Gasteiger charge is 2.48. The second-order valence-electron chi connectivity index (χ2n) is 11.5. The number of hydrogen-bond acceptors (Lipinski definition) is 10. The summed E-state index contributed by atoms with van der Waals surface area (Å²) in [6.07, 6.45) is 7.42. The second-order valence-corrected chi connectivity index (χ2v) is 14.9. The number of imide groups is 1. The molecule has 2 fully saturated rings. The molecule has 0 unspecified atom stereocenters. The minimum absolute atomic E-state index is 0.114. The SMILES string of the molecule is O=C1[C@@H]2CCCC[C@H]2C(=O)N1c1ccc2nc(Sc3ccc(-c4nc5sc6c(c5c(=O)[nH]4)CCCC6)cc3[N+](=O)[O-])sc2c1. The Morgan fingerprint density at radius 2 is 1.70 bits per heavy atom. The van der Waals surface area contributed by atoms with Crippen molar-refractivity contribution in [2.75, 3.05) is 4.90 Å². The average molecular weight is 644 g/mol. The molecule has 1 aliphatic heterocycles. The molecule has 2 amide bonds. The van der Waals surface area contributed by atoms with Crippen molar-refractivity contribution in [3.63, 3.8) is 0 Å². The minimum atomic E-state index is -0.443. The molecular formula is C31H25N5O5S3. The number of nitro benzene ring substituents is 1. The van der Waals surface area contributed by atoms with Gasteiger partial charge < -0.3 is 4.98 Å². The Morgan fingerprint density at radius 1 is 0.932 bits per heavy atom. The van der Waals surface area contributed by atoms with Crippen LogP contribution in [0, 0.1) is 22.0 Å². The van der Waals surface area contributed by atoms with Gasteiger partial charge in [0, 0.05) is 16.5 Å². The highest BCUT2D eigenvalue weighted by Crippen LogP contribution is 2.43. The van der Waals surface area contributed by atoms with E-state index in [2.05, 4.69) is 9.97 Å². The van der Waals surface area contributed by atoms with E-state index in [-0.39, 0.29) is 34.9 Å². The molecule has 3 aliphatic rings. The highest BCUT2D eigenvalue weighted by molar-refractivity contribution is 8.01. The number of nitro groups is 1. The first-order valence-electron chi connectivity index (χ1n) is 14.7. The molecule has 3 aromatic heterocycles. The Morgan fingerprint density at radius 3 is 2.48 bits per heavy atom. The Kier molecular flexibility index (Phi) is 6.65. The summed E-state index contributed by atoms with van der Waals surface area (Å²) in [7, 11) is 0. The van der Waals surface area contributed by atoms with Crippen LogP contribution in [-0.2, 0) is 22.4 Å². The fraction of sp³-hybridized carbons (Fsp3) is 0.323. The van der Waals surface area contributed by atoms with Crippen molar-refractivity contribution in [1.82, 2.24) is 15.0 Å². The summed E-state index contributed by atoms with van der Waals surface area (Å²) in [6.45, 7) is 0. The quantitative estimate of drug-likeness (QED) is 0.124. The topological polar surface area (TPSA) is 139 Å². The molecule has 8 rings (SSSR count). The lowest BCUT2D eigenvalue weighted by Crippen LogP contribution is -2.30. The molecule has 13 heteroatoms. The molecule has 0 radical (unpaired) electrons. The van der Waals surface area contributed by atoms with Crippen LogP contribution in [0.1, 0.15) is 49.0 Å². The molecule has 10 nitrogen and oxygen atoms in total. The molecule has 5 aromatic rings. The number of aromatic amines is 1. The third-order valence-electron chi connectivity index (χ3n) is 8.90. The van der Waals surface area contributed by atoms with E-state index >= 15 is 0 Å². The zero-order valence-corrected chi connectivity index (χ0v) is 25.8. The van der Waals surface area contributed by atoms with Crippen molar-refractivity contribution >= 4 is 78.1 Å². The number of rotatable bonds is 5. The lowest BCUT2D eigenvalue weighted by atomic mass is 9.81. The van der Waals surface area contributed by atoms with Crippen molar-refractivity contribution in [1.29, 1.82) is 0 Å². The molecule has 2 atom stereocenters. The summed E-state index contributed by atoms with van der Waals surface area (Å²) in [5, 5.41) is 12.8. The van der Waals surface area contributed by atoms with Crippen LogP contribution in [0.4, 0.5) is 11.4 Å². The summed E-state index contributed by atoms with van der Waals surface area (Å²) in [4.78, 5) is 66.8. The minimum Gasteiger partial charge on any atom is -0.306 e. The lowest BCUT2D eigenvalue weighted by molar-refractivity contribution is -0.387. The number of amides is 2. The molecule has 0 bridgehead atoms. The number of hydrogen-bond donors (Lipinski definition) is 1. The number of carbonyl (C=O) groups is 2. The van der Waals surface area contributed by atoms with E-state index in [1.165, 1.54) is 50.3 Å². The van der Waals surface area contributed by atoms with Crippen LogP contribution >= 0.6 is 34.4 Å². The zero-order valence-electron chi connectivity index (χ0n) is 23.3. The van der Waals surface area contributed by atoms with E-state index in [1.54, 1.807) is 24.3 Å². The summed E-state index contributed by atoms with van der Waals surface area (Å²) < 4.78 is 1.38. The van der Waals surface area contributed by atoms with Gasteiger partial charge in [0.25, 0.3) is 11.2 Å². The van der Waals surface area contributed by atoms with Crippen LogP contribution < -0.4 is 10.5 Å². The van der Waals surface area contributed by atoms with E-state index in [0.29, 0.717) is 42.0 Å². The van der Waals surface area contributed by atoms with Gasteiger partial charge in [0.15, 0.2) is 4.34 Å². The van der Waals surface area contributed by atoms with E-state index < -0.39 is 4.92 Å². The lowest BCUT2D eigenvalue weighted by Gasteiger charge is -2.19. The first-order chi connectivity index (χ1) is 21.4. The van der Waals surface area contributed by atoms with Gasteiger partial charge in [0.2, 0.25) is 11.8 Å². The van der Waals surface area contributed by atoms with Crippen LogP contribution in [0.5, 0.6) is 0 Å². The standard InChI is InChI=1S/C31H25N5O5S3/c37-27-25-19-7-3-4-8-22(19)42-28(25)34-26(33-27)15-9-12-23(21(13-15)36(40)41)43-31-32-20-11-10-16(14-24(20)44-31)35-29(38)17-5-1-2-6-18(17)30(35)39/h9-14,17-18H,1-8H2,(H,33,34,37)/t17-,18-/m1/s1. The number of carbonyl (C=O) groups excluding carboxylic acids is 2. The molecule has 0 spiro atoms. The fourth-order valence-electron chi connectivity index (χ4n) is 6.78. The fourth-order valence-corrected chi connectivity index (χ4v) is 10.2. The number of thiazole rings is 1. The van der Waals surface area contributed by atoms with E-state index in [4.69, 9.17) is 4.98 Å². The Balaban J connectivity index is 1.09. The summed E-state index contributed by atoms with van der Waals surface area (Å²) in [5.74, 6) is -0.397. The molecule has 2 aliphatic carbocycles. The third kappa shape index (κ3) is 4.48. The van der Waals surface area contributed by atoms with E-state index in [0.717, 1.165) is 61.6 Å². The Bertz CT molecular complexity index is 2080.